The molecular formula is C50H48N4O2P2. The minimum absolute atomic E-state index is 0.643. The van der Waals surface area contributed by atoms with Gasteiger partial charge in [-0.1, -0.05) is 48.5 Å². The molecule has 7 aromatic rings. The Balaban J connectivity index is 1.29. The Kier molecular flexibility index (Phi) is 9.08. The molecule has 0 amide bonds. The van der Waals surface area contributed by atoms with Crippen LogP contribution >= 0.6 is 14.9 Å². The Hall–Kier alpha value is -5.80. The highest BCUT2D eigenvalue weighted by Gasteiger charge is 2.51. The lowest BCUT2D eigenvalue weighted by atomic mass is 10.1. The molecule has 0 unspecified atom stereocenters. The first-order valence-electron chi connectivity index (χ1n) is 19.8. The van der Waals surface area contributed by atoms with Crippen LogP contribution in [-0.4, -0.2) is 0 Å². The molecule has 0 atom stereocenters. The van der Waals surface area contributed by atoms with E-state index >= 15 is 9.13 Å². The van der Waals surface area contributed by atoms with Gasteiger partial charge in [0.1, 0.15) is 0 Å². The van der Waals surface area contributed by atoms with Crippen LogP contribution in [0.4, 0.5) is 45.5 Å². The van der Waals surface area contributed by atoms with Crippen LogP contribution in [0.2, 0.25) is 0 Å². The van der Waals surface area contributed by atoms with Crippen molar-refractivity contribution in [3.8, 4) is 0 Å². The molecule has 0 N–H and O–H groups in total. The van der Waals surface area contributed by atoms with Crippen molar-refractivity contribution < 1.29 is 9.13 Å². The van der Waals surface area contributed by atoms with Crippen molar-refractivity contribution in [3.05, 3.63) is 190 Å². The number of hydrogen-bond acceptors (Lipinski definition) is 2. The number of hydrogen-bond donors (Lipinski definition) is 0. The minimum atomic E-state index is -3.70. The first-order valence-corrected chi connectivity index (χ1v) is 23.0. The molecule has 8 heteroatoms. The molecule has 0 bridgehead atoms. The first kappa shape index (κ1) is 37.8. The third-order valence-electron chi connectivity index (χ3n) is 11.1. The molecule has 2 aliphatic rings. The summed E-state index contributed by atoms with van der Waals surface area (Å²) in [5.74, 6) is 0. The third-order valence-corrected chi connectivity index (χ3v) is 17.0. The molecule has 58 heavy (non-hydrogen) atoms. The molecule has 2 aliphatic heterocycles. The zero-order valence-electron chi connectivity index (χ0n) is 34.4. The maximum atomic E-state index is 16.8. The van der Waals surface area contributed by atoms with Gasteiger partial charge in [-0.3, -0.25) is 27.8 Å². The number of aryl methyl sites for hydroxylation is 8. The standard InChI is InChI=1S/C50H48N4O2P2/c1-33-21-34(2)26-41(25-33)51-47-13-9-10-14-48(47)52(42-27-35(3)22-36(4)28-42)57(51,55)45-17-19-46(20-18-45)58(56)53(43-29-37(5)23-38(6)30-43)49-15-11-12-16-50(49)54(58)44-31-39(7)24-40(8)32-44/h9-32H,1-8H3. The highest BCUT2D eigenvalue weighted by molar-refractivity contribution is 7.76. The summed E-state index contributed by atoms with van der Waals surface area (Å²) in [5.41, 5.74) is 15.7. The molecular weight excluding hydrogens is 751 g/mol. The van der Waals surface area contributed by atoms with E-state index in [4.69, 9.17) is 0 Å². The molecule has 2 heterocycles. The van der Waals surface area contributed by atoms with E-state index in [0.29, 0.717) is 10.6 Å². The van der Waals surface area contributed by atoms with Crippen LogP contribution in [-0.2, 0) is 9.13 Å². The lowest BCUT2D eigenvalue weighted by molar-refractivity contribution is 0.581. The average Bonchev–Trinajstić information content (AvgIpc) is 3.59. The summed E-state index contributed by atoms with van der Waals surface area (Å²) < 4.78 is 41.7. The summed E-state index contributed by atoms with van der Waals surface area (Å²) in [5, 5.41) is 1.29. The highest BCUT2D eigenvalue weighted by Crippen LogP contribution is 2.72. The smallest absolute Gasteiger partial charge is 0.270 e. The van der Waals surface area contributed by atoms with Crippen LogP contribution in [0.5, 0.6) is 0 Å². The fourth-order valence-electron chi connectivity index (χ4n) is 9.18. The number of para-hydroxylation sites is 4. The fourth-order valence-corrected chi connectivity index (χ4v) is 15.1. The predicted octanol–water partition coefficient (Wildman–Crippen LogP) is 13.8. The van der Waals surface area contributed by atoms with Gasteiger partial charge in [0.05, 0.1) is 56.1 Å². The van der Waals surface area contributed by atoms with Gasteiger partial charge in [-0.2, -0.15) is 0 Å². The Morgan fingerprint density at radius 3 is 0.672 bits per heavy atom. The molecule has 0 spiro atoms. The summed E-state index contributed by atoms with van der Waals surface area (Å²) in [6, 6.07) is 49.7. The average molecular weight is 799 g/mol. The van der Waals surface area contributed by atoms with Crippen molar-refractivity contribution in [1.29, 1.82) is 0 Å². The normalized spacial score (nSPS) is 15.2. The second kappa shape index (κ2) is 13.9. The number of fused-ring (bicyclic) bond motifs is 2. The Bertz CT molecular complexity index is 2440. The maximum Gasteiger partial charge on any atom is 0.301 e. The molecule has 0 saturated carbocycles. The summed E-state index contributed by atoms with van der Waals surface area (Å²) in [7, 11) is -7.41. The van der Waals surface area contributed by atoms with Crippen LogP contribution < -0.4 is 29.3 Å². The van der Waals surface area contributed by atoms with Gasteiger partial charge in [-0.25, -0.2) is 0 Å². The van der Waals surface area contributed by atoms with Crippen LogP contribution in [0.1, 0.15) is 44.5 Å². The van der Waals surface area contributed by atoms with Crippen molar-refractivity contribution >= 4 is 71.0 Å². The zero-order valence-corrected chi connectivity index (χ0v) is 36.1. The summed E-state index contributed by atoms with van der Waals surface area (Å²) in [4.78, 5) is 0. The van der Waals surface area contributed by atoms with Crippen LogP contribution in [0, 0.1) is 55.4 Å². The van der Waals surface area contributed by atoms with Crippen molar-refractivity contribution in [1.82, 2.24) is 0 Å². The highest BCUT2D eigenvalue weighted by atomic mass is 31.2. The van der Waals surface area contributed by atoms with Gasteiger partial charge in [0.25, 0.3) is 0 Å². The fraction of sp³-hybridized carbons (Fsp3) is 0.160. The predicted molar refractivity (Wildman–Crippen MR) is 246 cm³/mol. The van der Waals surface area contributed by atoms with Crippen LogP contribution in [0.15, 0.2) is 146 Å². The lowest BCUT2D eigenvalue weighted by Crippen LogP contribution is -2.30. The van der Waals surface area contributed by atoms with E-state index in [1.807, 2.05) is 67.2 Å². The lowest BCUT2D eigenvalue weighted by Gasteiger charge is -2.35. The summed E-state index contributed by atoms with van der Waals surface area (Å²) in [6.45, 7) is 16.7. The van der Waals surface area contributed by atoms with E-state index in [9.17, 15) is 0 Å². The van der Waals surface area contributed by atoms with Gasteiger partial charge < -0.3 is 0 Å². The van der Waals surface area contributed by atoms with E-state index in [1.165, 1.54) is 0 Å². The number of anilines is 8. The van der Waals surface area contributed by atoms with E-state index < -0.39 is 14.9 Å². The van der Waals surface area contributed by atoms with Gasteiger partial charge >= 0.3 is 14.9 Å². The van der Waals surface area contributed by atoms with Crippen molar-refractivity contribution in [2.45, 2.75) is 55.4 Å². The summed E-state index contributed by atoms with van der Waals surface area (Å²) in [6.07, 6.45) is 0. The van der Waals surface area contributed by atoms with E-state index in [0.717, 1.165) is 90.0 Å². The third kappa shape index (κ3) is 6.01. The van der Waals surface area contributed by atoms with Gasteiger partial charge in [-0.15, -0.1) is 0 Å². The molecule has 0 aliphatic carbocycles. The van der Waals surface area contributed by atoms with Crippen molar-refractivity contribution in [3.63, 3.8) is 0 Å². The number of benzene rings is 7. The molecule has 7 aromatic carbocycles. The first-order chi connectivity index (χ1) is 27.7. The molecule has 290 valence electrons. The van der Waals surface area contributed by atoms with Crippen molar-refractivity contribution in [2.75, 3.05) is 18.7 Å². The van der Waals surface area contributed by atoms with Crippen molar-refractivity contribution in [2.24, 2.45) is 0 Å². The van der Waals surface area contributed by atoms with Gasteiger partial charge in [0.2, 0.25) is 0 Å². The summed E-state index contributed by atoms with van der Waals surface area (Å²) >= 11 is 0. The maximum absolute atomic E-state index is 16.8. The quantitative estimate of drug-likeness (QED) is 0.156. The van der Waals surface area contributed by atoms with Gasteiger partial charge in [-0.05, 0) is 197 Å². The Morgan fingerprint density at radius 1 is 0.293 bits per heavy atom. The van der Waals surface area contributed by atoms with Crippen LogP contribution in [0.3, 0.4) is 0 Å². The molecule has 9 rings (SSSR count). The van der Waals surface area contributed by atoms with E-state index in [-0.39, 0.29) is 0 Å². The zero-order chi connectivity index (χ0) is 40.7. The van der Waals surface area contributed by atoms with E-state index in [2.05, 4.69) is 152 Å². The molecule has 6 nitrogen and oxygen atoms in total. The number of rotatable bonds is 6. The molecule has 0 saturated heterocycles. The van der Waals surface area contributed by atoms with E-state index in [1.54, 1.807) is 0 Å². The largest absolute Gasteiger partial charge is 0.301 e. The molecule has 0 fully saturated rings. The SMILES string of the molecule is Cc1cc(C)cc(N2c3ccccc3N(c3cc(C)cc(C)c3)P2(=O)c2ccc(P3(=O)N(c4cc(C)cc(C)c4)c4ccccc4N3c3cc(C)cc(C)c3)cc2)c1. The minimum Gasteiger partial charge on any atom is -0.270 e. The van der Waals surface area contributed by atoms with Crippen LogP contribution in [0.25, 0.3) is 0 Å². The molecule has 0 radical (unpaired) electrons. The Labute approximate surface area is 343 Å². The monoisotopic (exact) mass is 798 g/mol. The van der Waals surface area contributed by atoms with Gasteiger partial charge in [0, 0.05) is 0 Å². The number of nitrogens with zero attached hydrogens (tertiary/aromatic N) is 4. The van der Waals surface area contributed by atoms with Gasteiger partial charge in [0.15, 0.2) is 0 Å². The second-order valence-corrected chi connectivity index (χ2v) is 21.0. The topological polar surface area (TPSA) is 47.1 Å². The second-order valence-electron chi connectivity index (χ2n) is 16.2. The Morgan fingerprint density at radius 2 is 0.483 bits per heavy atom. The molecule has 0 aromatic heterocycles.